The summed E-state index contributed by atoms with van der Waals surface area (Å²) in [5.41, 5.74) is 1.16. The summed E-state index contributed by atoms with van der Waals surface area (Å²) >= 11 is 6.11. The summed E-state index contributed by atoms with van der Waals surface area (Å²) in [7, 11) is 0. The van der Waals surface area contributed by atoms with Gasteiger partial charge in [0.05, 0.1) is 12.7 Å². The van der Waals surface area contributed by atoms with E-state index in [2.05, 4.69) is 23.3 Å². The first-order valence-corrected chi connectivity index (χ1v) is 5.97. The third-order valence-corrected chi connectivity index (χ3v) is 2.96. The lowest BCUT2D eigenvalue weighted by atomic mass is 10.1. The highest BCUT2D eigenvalue weighted by molar-refractivity contribution is 6.31. The predicted octanol–water partition coefficient (Wildman–Crippen LogP) is 3.05. The van der Waals surface area contributed by atoms with Crippen LogP contribution in [0.15, 0.2) is 41.3 Å². The first-order valence-electron chi connectivity index (χ1n) is 5.60. The third kappa shape index (κ3) is 3.58. The van der Waals surface area contributed by atoms with Crippen LogP contribution < -0.4 is 5.32 Å². The summed E-state index contributed by atoms with van der Waals surface area (Å²) in [4.78, 5) is 3.87. The molecular weight excluding hydrogens is 236 g/mol. The number of benzene rings is 1. The second-order valence-corrected chi connectivity index (χ2v) is 4.45. The van der Waals surface area contributed by atoms with Crippen molar-refractivity contribution in [3.63, 3.8) is 0 Å². The highest BCUT2D eigenvalue weighted by Crippen LogP contribution is 2.16. The molecule has 4 heteroatoms. The van der Waals surface area contributed by atoms with E-state index in [0.29, 0.717) is 12.6 Å². The molecule has 0 radical (unpaired) electrons. The molecule has 0 fully saturated rings. The van der Waals surface area contributed by atoms with E-state index in [4.69, 9.17) is 16.0 Å². The summed E-state index contributed by atoms with van der Waals surface area (Å²) in [6, 6.07) is 8.25. The molecular formula is C13H15ClN2O. The maximum absolute atomic E-state index is 6.11. The summed E-state index contributed by atoms with van der Waals surface area (Å²) in [5.74, 6) is 0.844. The van der Waals surface area contributed by atoms with Crippen molar-refractivity contribution in [2.75, 3.05) is 0 Å². The number of hydrogen-bond donors (Lipinski definition) is 1. The standard InChI is InChI=1S/C13H15ClN2O/c1-10(16-8-12-7-15-9-17-12)6-11-4-2-3-5-13(11)14/h2-5,7,9-10,16H,6,8H2,1H3. The number of aromatic nitrogens is 1. The van der Waals surface area contributed by atoms with E-state index >= 15 is 0 Å². The predicted molar refractivity (Wildman–Crippen MR) is 68.0 cm³/mol. The van der Waals surface area contributed by atoms with Crippen LogP contribution >= 0.6 is 11.6 Å². The van der Waals surface area contributed by atoms with Gasteiger partial charge in [-0.3, -0.25) is 0 Å². The van der Waals surface area contributed by atoms with E-state index in [-0.39, 0.29) is 0 Å². The van der Waals surface area contributed by atoms with Crippen LogP contribution in [0.25, 0.3) is 0 Å². The lowest BCUT2D eigenvalue weighted by molar-refractivity contribution is 0.451. The van der Waals surface area contributed by atoms with Crippen molar-refractivity contribution in [3.8, 4) is 0 Å². The van der Waals surface area contributed by atoms with Gasteiger partial charge in [0.1, 0.15) is 5.76 Å². The zero-order chi connectivity index (χ0) is 12.1. The zero-order valence-corrected chi connectivity index (χ0v) is 10.4. The van der Waals surface area contributed by atoms with Crippen LogP contribution in [0.3, 0.4) is 0 Å². The Hall–Kier alpha value is -1.32. The number of halogens is 1. The van der Waals surface area contributed by atoms with Gasteiger partial charge in [0.2, 0.25) is 0 Å². The van der Waals surface area contributed by atoms with Crippen LogP contribution in [0.1, 0.15) is 18.2 Å². The van der Waals surface area contributed by atoms with Crippen molar-refractivity contribution < 1.29 is 4.42 Å². The maximum Gasteiger partial charge on any atom is 0.180 e. The first-order chi connectivity index (χ1) is 8.25. The summed E-state index contributed by atoms with van der Waals surface area (Å²) < 4.78 is 5.16. The van der Waals surface area contributed by atoms with Gasteiger partial charge in [0.25, 0.3) is 0 Å². The van der Waals surface area contributed by atoms with Crippen LogP contribution in [0, 0.1) is 0 Å². The summed E-state index contributed by atoms with van der Waals surface area (Å²) in [6.07, 6.45) is 4.05. The average Bonchev–Trinajstić information content (AvgIpc) is 2.82. The van der Waals surface area contributed by atoms with Crippen LogP contribution in [-0.4, -0.2) is 11.0 Å². The molecule has 0 aliphatic rings. The maximum atomic E-state index is 6.11. The van der Waals surface area contributed by atoms with Gasteiger partial charge in [0, 0.05) is 11.1 Å². The molecule has 2 aromatic rings. The van der Waals surface area contributed by atoms with Gasteiger partial charge < -0.3 is 9.73 Å². The largest absolute Gasteiger partial charge is 0.447 e. The van der Waals surface area contributed by atoms with Crippen molar-refractivity contribution in [1.29, 1.82) is 0 Å². The molecule has 3 nitrogen and oxygen atoms in total. The highest BCUT2D eigenvalue weighted by atomic mass is 35.5. The number of oxazole rings is 1. The summed E-state index contributed by atoms with van der Waals surface area (Å²) in [6.45, 7) is 2.81. The minimum absolute atomic E-state index is 0.333. The minimum Gasteiger partial charge on any atom is -0.447 e. The molecule has 0 aliphatic carbocycles. The van der Waals surface area contributed by atoms with Gasteiger partial charge in [-0.25, -0.2) is 4.98 Å². The van der Waals surface area contributed by atoms with E-state index in [1.807, 2.05) is 18.2 Å². The second kappa shape index (κ2) is 5.84. The lowest BCUT2D eigenvalue weighted by Gasteiger charge is -2.13. The third-order valence-electron chi connectivity index (χ3n) is 2.59. The molecule has 0 spiro atoms. The van der Waals surface area contributed by atoms with Gasteiger partial charge in [-0.05, 0) is 25.0 Å². The molecule has 0 saturated carbocycles. The minimum atomic E-state index is 0.333. The van der Waals surface area contributed by atoms with Crippen LogP contribution in [-0.2, 0) is 13.0 Å². The topological polar surface area (TPSA) is 38.1 Å². The van der Waals surface area contributed by atoms with E-state index in [0.717, 1.165) is 22.8 Å². The Balaban J connectivity index is 1.85. The molecule has 1 atom stereocenters. The van der Waals surface area contributed by atoms with Gasteiger partial charge in [-0.1, -0.05) is 29.8 Å². The molecule has 17 heavy (non-hydrogen) atoms. The Morgan fingerprint density at radius 1 is 1.41 bits per heavy atom. The van der Waals surface area contributed by atoms with E-state index < -0.39 is 0 Å². The van der Waals surface area contributed by atoms with Gasteiger partial charge in [0.15, 0.2) is 6.39 Å². The molecule has 90 valence electrons. The zero-order valence-electron chi connectivity index (χ0n) is 9.69. The monoisotopic (exact) mass is 250 g/mol. The Morgan fingerprint density at radius 2 is 2.24 bits per heavy atom. The van der Waals surface area contributed by atoms with Crippen molar-refractivity contribution in [2.24, 2.45) is 0 Å². The van der Waals surface area contributed by atoms with Crippen molar-refractivity contribution in [1.82, 2.24) is 10.3 Å². The van der Waals surface area contributed by atoms with Crippen molar-refractivity contribution >= 4 is 11.6 Å². The second-order valence-electron chi connectivity index (χ2n) is 4.05. The molecule has 0 amide bonds. The molecule has 1 unspecified atom stereocenters. The van der Waals surface area contributed by atoms with Crippen LogP contribution in [0.4, 0.5) is 0 Å². The highest BCUT2D eigenvalue weighted by Gasteiger charge is 2.06. The number of nitrogens with zero attached hydrogens (tertiary/aromatic N) is 1. The Kier molecular flexibility index (Phi) is 4.18. The smallest absolute Gasteiger partial charge is 0.180 e. The fourth-order valence-electron chi connectivity index (χ4n) is 1.67. The van der Waals surface area contributed by atoms with Gasteiger partial charge in [-0.2, -0.15) is 0 Å². The Bertz CT molecular complexity index is 456. The lowest BCUT2D eigenvalue weighted by Crippen LogP contribution is -2.27. The molecule has 0 saturated heterocycles. The Morgan fingerprint density at radius 3 is 2.94 bits per heavy atom. The van der Waals surface area contributed by atoms with Gasteiger partial charge in [-0.15, -0.1) is 0 Å². The average molecular weight is 251 g/mol. The van der Waals surface area contributed by atoms with Crippen molar-refractivity contribution in [3.05, 3.63) is 53.2 Å². The number of rotatable bonds is 5. The summed E-state index contributed by atoms with van der Waals surface area (Å²) in [5, 5.41) is 4.19. The quantitative estimate of drug-likeness (QED) is 0.886. The molecule has 1 aromatic carbocycles. The van der Waals surface area contributed by atoms with Gasteiger partial charge >= 0.3 is 0 Å². The SMILES string of the molecule is CC(Cc1ccccc1Cl)NCc1cnco1. The van der Waals surface area contributed by atoms with E-state index in [1.165, 1.54) is 6.39 Å². The molecule has 1 N–H and O–H groups in total. The van der Waals surface area contributed by atoms with E-state index in [1.54, 1.807) is 6.20 Å². The normalized spacial score (nSPS) is 12.6. The van der Waals surface area contributed by atoms with Crippen LogP contribution in [0.5, 0.6) is 0 Å². The molecule has 0 aliphatic heterocycles. The molecule has 0 bridgehead atoms. The molecule has 1 heterocycles. The number of hydrogen-bond acceptors (Lipinski definition) is 3. The fourth-order valence-corrected chi connectivity index (χ4v) is 1.88. The Labute approximate surface area is 106 Å². The number of nitrogens with one attached hydrogen (secondary N) is 1. The molecule has 2 rings (SSSR count). The van der Waals surface area contributed by atoms with E-state index in [9.17, 15) is 0 Å². The molecule has 1 aromatic heterocycles. The van der Waals surface area contributed by atoms with Crippen molar-refractivity contribution in [2.45, 2.75) is 25.9 Å². The first kappa shape index (κ1) is 12.1. The fraction of sp³-hybridized carbons (Fsp3) is 0.308. The van der Waals surface area contributed by atoms with Crippen LogP contribution in [0.2, 0.25) is 5.02 Å².